The molecule has 3 aromatic rings. The highest BCUT2D eigenvalue weighted by Crippen LogP contribution is 2.30. The molecule has 8 heteroatoms. The number of hydrogen-bond acceptors (Lipinski definition) is 4. The number of carbonyl (C=O) groups is 1. The van der Waals surface area contributed by atoms with E-state index in [0.29, 0.717) is 46.0 Å². The van der Waals surface area contributed by atoms with Crippen LogP contribution in [0.1, 0.15) is 35.0 Å². The van der Waals surface area contributed by atoms with E-state index in [2.05, 4.69) is 10.2 Å². The van der Waals surface area contributed by atoms with Crippen molar-refractivity contribution in [1.29, 1.82) is 0 Å². The number of rotatable bonds is 3. The van der Waals surface area contributed by atoms with Gasteiger partial charge in [-0.25, -0.2) is 4.39 Å². The molecule has 144 valence electrons. The molecule has 1 atom stereocenters. The first-order valence-electron chi connectivity index (χ1n) is 8.85. The number of hydrogen-bond donors (Lipinski definition) is 0. The summed E-state index contributed by atoms with van der Waals surface area (Å²) in [5.41, 5.74) is 1.03. The number of piperidine rings is 1. The second kappa shape index (κ2) is 7.89. The Kier molecular flexibility index (Phi) is 5.33. The molecular formula is C20H16Cl2FN3O2. The highest BCUT2D eigenvalue weighted by atomic mass is 35.5. The van der Waals surface area contributed by atoms with Gasteiger partial charge in [-0.05, 0) is 55.3 Å². The standard InChI is InChI=1S/C20H16Cl2FN3O2/c21-14-5-8-17(22)16(10-14)20(27)26-9-1-2-13(11-26)19-25-24-18(28-19)12-3-6-15(23)7-4-12/h3-8,10,13H,1-2,9,11H2. The average molecular weight is 420 g/mol. The zero-order valence-electron chi connectivity index (χ0n) is 14.7. The average Bonchev–Trinajstić information content (AvgIpc) is 3.20. The highest BCUT2D eigenvalue weighted by Gasteiger charge is 2.30. The third-order valence-electron chi connectivity index (χ3n) is 4.75. The minimum atomic E-state index is -0.329. The monoisotopic (exact) mass is 419 g/mol. The molecule has 0 spiro atoms. The number of benzene rings is 2. The van der Waals surface area contributed by atoms with Crippen molar-refractivity contribution in [1.82, 2.24) is 15.1 Å². The van der Waals surface area contributed by atoms with Gasteiger partial charge in [0.2, 0.25) is 11.8 Å². The molecule has 2 heterocycles. The number of aromatic nitrogens is 2. The van der Waals surface area contributed by atoms with Gasteiger partial charge in [0.05, 0.1) is 16.5 Å². The van der Waals surface area contributed by atoms with Crippen LogP contribution in [0.5, 0.6) is 0 Å². The lowest BCUT2D eigenvalue weighted by Crippen LogP contribution is -2.39. The van der Waals surface area contributed by atoms with Crippen LogP contribution >= 0.6 is 23.2 Å². The van der Waals surface area contributed by atoms with Crippen molar-refractivity contribution in [2.45, 2.75) is 18.8 Å². The predicted molar refractivity (Wildman–Crippen MR) is 104 cm³/mol. The summed E-state index contributed by atoms with van der Waals surface area (Å²) < 4.78 is 18.9. The van der Waals surface area contributed by atoms with E-state index in [0.717, 1.165) is 12.8 Å². The molecule has 1 aliphatic heterocycles. The molecule has 0 saturated carbocycles. The summed E-state index contributed by atoms with van der Waals surface area (Å²) in [5, 5.41) is 9.03. The number of halogens is 3. The van der Waals surface area contributed by atoms with E-state index in [1.165, 1.54) is 12.1 Å². The van der Waals surface area contributed by atoms with Gasteiger partial charge in [0.25, 0.3) is 5.91 Å². The third-order valence-corrected chi connectivity index (χ3v) is 5.31. The zero-order valence-corrected chi connectivity index (χ0v) is 16.3. The Morgan fingerprint density at radius 3 is 2.71 bits per heavy atom. The molecule has 4 rings (SSSR count). The van der Waals surface area contributed by atoms with Crippen molar-refractivity contribution in [2.75, 3.05) is 13.1 Å². The lowest BCUT2D eigenvalue weighted by atomic mass is 9.97. The van der Waals surface area contributed by atoms with Crippen LogP contribution in [-0.2, 0) is 0 Å². The lowest BCUT2D eigenvalue weighted by molar-refractivity contribution is 0.0698. The minimum absolute atomic E-state index is 0.0719. The molecule has 28 heavy (non-hydrogen) atoms. The van der Waals surface area contributed by atoms with E-state index in [1.807, 2.05) is 0 Å². The Labute approximate surface area is 171 Å². The molecule has 0 radical (unpaired) electrons. The molecule has 1 saturated heterocycles. The van der Waals surface area contributed by atoms with E-state index >= 15 is 0 Å². The Hall–Kier alpha value is -2.44. The normalized spacial score (nSPS) is 17.0. The molecule has 0 aliphatic carbocycles. The number of likely N-dealkylation sites (tertiary alicyclic amines) is 1. The maximum atomic E-state index is 13.1. The summed E-state index contributed by atoms with van der Waals surface area (Å²) in [5.74, 6) is 0.225. The third kappa shape index (κ3) is 3.88. The van der Waals surface area contributed by atoms with Crippen LogP contribution in [0.25, 0.3) is 11.5 Å². The largest absolute Gasteiger partial charge is 0.420 e. The van der Waals surface area contributed by atoms with Crippen molar-refractivity contribution >= 4 is 29.1 Å². The van der Waals surface area contributed by atoms with Crippen LogP contribution in [0.3, 0.4) is 0 Å². The van der Waals surface area contributed by atoms with Gasteiger partial charge >= 0.3 is 0 Å². The molecule has 1 aromatic heterocycles. The first kappa shape index (κ1) is 18.9. The smallest absolute Gasteiger partial charge is 0.255 e. The molecule has 0 N–H and O–H groups in total. The molecule has 0 bridgehead atoms. The molecule has 5 nitrogen and oxygen atoms in total. The highest BCUT2D eigenvalue weighted by molar-refractivity contribution is 6.35. The number of nitrogens with zero attached hydrogens (tertiary/aromatic N) is 3. The fraction of sp³-hybridized carbons (Fsp3) is 0.250. The summed E-state index contributed by atoms with van der Waals surface area (Å²) in [6.45, 7) is 1.07. The van der Waals surface area contributed by atoms with Crippen molar-refractivity contribution in [3.8, 4) is 11.5 Å². The maximum absolute atomic E-state index is 13.1. The van der Waals surface area contributed by atoms with Crippen LogP contribution in [0.15, 0.2) is 46.9 Å². The van der Waals surface area contributed by atoms with Gasteiger partial charge in [-0.3, -0.25) is 4.79 Å². The zero-order chi connectivity index (χ0) is 19.7. The van der Waals surface area contributed by atoms with Gasteiger partial charge in [0.15, 0.2) is 0 Å². The Balaban J connectivity index is 1.52. The Morgan fingerprint density at radius 1 is 1.14 bits per heavy atom. The Morgan fingerprint density at radius 2 is 1.93 bits per heavy atom. The van der Waals surface area contributed by atoms with Gasteiger partial charge < -0.3 is 9.32 Å². The molecule has 1 fully saturated rings. The summed E-state index contributed by atoms with van der Waals surface area (Å²) in [7, 11) is 0. The fourth-order valence-corrected chi connectivity index (χ4v) is 3.67. The van der Waals surface area contributed by atoms with Gasteiger partial charge in [-0.1, -0.05) is 23.2 Å². The first-order valence-corrected chi connectivity index (χ1v) is 9.60. The van der Waals surface area contributed by atoms with Crippen LogP contribution in [-0.4, -0.2) is 34.1 Å². The fourth-order valence-electron chi connectivity index (χ4n) is 3.30. The second-order valence-corrected chi connectivity index (χ2v) is 7.51. The summed E-state index contributed by atoms with van der Waals surface area (Å²) in [6.07, 6.45) is 1.64. The van der Waals surface area contributed by atoms with E-state index in [1.54, 1.807) is 35.2 Å². The quantitative estimate of drug-likeness (QED) is 0.584. The van der Waals surface area contributed by atoms with Gasteiger partial charge in [-0.15, -0.1) is 10.2 Å². The van der Waals surface area contributed by atoms with Crippen LogP contribution in [0, 0.1) is 5.82 Å². The van der Waals surface area contributed by atoms with Crippen LogP contribution < -0.4 is 0 Å². The number of carbonyl (C=O) groups excluding carboxylic acids is 1. The van der Waals surface area contributed by atoms with Crippen molar-refractivity contribution < 1.29 is 13.6 Å². The van der Waals surface area contributed by atoms with Crippen molar-refractivity contribution in [3.63, 3.8) is 0 Å². The molecular weight excluding hydrogens is 404 g/mol. The SMILES string of the molecule is O=C(c1cc(Cl)ccc1Cl)N1CCCC(c2nnc(-c3ccc(F)cc3)o2)C1. The topological polar surface area (TPSA) is 59.2 Å². The lowest BCUT2D eigenvalue weighted by Gasteiger charge is -2.31. The van der Waals surface area contributed by atoms with Crippen molar-refractivity contribution in [3.05, 3.63) is 69.8 Å². The molecule has 1 unspecified atom stereocenters. The summed E-state index contributed by atoms with van der Waals surface area (Å²) in [4.78, 5) is 14.6. The second-order valence-electron chi connectivity index (χ2n) is 6.67. The summed E-state index contributed by atoms with van der Waals surface area (Å²) >= 11 is 12.2. The van der Waals surface area contributed by atoms with Crippen LogP contribution in [0.4, 0.5) is 4.39 Å². The predicted octanol–water partition coefficient (Wildman–Crippen LogP) is 5.20. The van der Waals surface area contributed by atoms with E-state index in [-0.39, 0.29) is 17.6 Å². The molecule has 1 amide bonds. The molecule has 2 aromatic carbocycles. The maximum Gasteiger partial charge on any atom is 0.255 e. The van der Waals surface area contributed by atoms with Gasteiger partial charge in [-0.2, -0.15) is 0 Å². The van der Waals surface area contributed by atoms with E-state index in [4.69, 9.17) is 27.6 Å². The van der Waals surface area contributed by atoms with Crippen LogP contribution in [0.2, 0.25) is 10.0 Å². The summed E-state index contributed by atoms with van der Waals surface area (Å²) in [6, 6.07) is 10.7. The Bertz CT molecular complexity index is 1010. The molecule has 1 aliphatic rings. The van der Waals surface area contributed by atoms with E-state index in [9.17, 15) is 9.18 Å². The van der Waals surface area contributed by atoms with Crippen molar-refractivity contribution in [2.24, 2.45) is 0 Å². The number of amides is 1. The van der Waals surface area contributed by atoms with E-state index < -0.39 is 0 Å². The van der Waals surface area contributed by atoms with Gasteiger partial charge in [0, 0.05) is 23.7 Å². The first-order chi connectivity index (χ1) is 13.5. The van der Waals surface area contributed by atoms with Gasteiger partial charge in [0.1, 0.15) is 5.82 Å². The minimum Gasteiger partial charge on any atom is -0.420 e.